The molecule has 6 nitrogen and oxygen atoms in total. The van der Waals surface area contributed by atoms with E-state index < -0.39 is 4.92 Å². The molecule has 2 rings (SSSR count). The van der Waals surface area contributed by atoms with E-state index in [1.54, 1.807) is 12.1 Å². The lowest BCUT2D eigenvalue weighted by Gasteiger charge is -2.06. The molecule has 0 fully saturated rings. The van der Waals surface area contributed by atoms with Crippen LogP contribution in [-0.2, 0) is 5.75 Å². The largest absolute Gasteiger partial charge is 0.393 e. The van der Waals surface area contributed by atoms with E-state index in [0.29, 0.717) is 16.5 Å². The van der Waals surface area contributed by atoms with E-state index in [2.05, 4.69) is 9.97 Å². The molecule has 0 aliphatic carbocycles. The Kier molecular flexibility index (Phi) is 4.19. The lowest BCUT2D eigenvalue weighted by molar-refractivity contribution is -0.383. The Hall–Kier alpha value is -2.15. The highest BCUT2D eigenvalue weighted by Crippen LogP contribution is 2.29. The van der Waals surface area contributed by atoms with Crippen molar-refractivity contribution < 1.29 is 4.92 Å². The fourth-order valence-corrected chi connectivity index (χ4v) is 2.74. The Morgan fingerprint density at radius 3 is 2.55 bits per heavy atom. The van der Waals surface area contributed by atoms with Crippen molar-refractivity contribution in [3.63, 3.8) is 0 Å². The Morgan fingerprint density at radius 1 is 1.30 bits per heavy atom. The number of aryl methyl sites for hydroxylation is 2. The van der Waals surface area contributed by atoms with Crippen LogP contribution in [0, 0.1) is 24.0 Å². The highest BCUT2D eigenvalue weighted by atomic mass is 32.2. The molecule has 7 heteroatoms. The summed E-state index contributed by atoms with van der Waals surface area (Å²) in [7, 11) is 0. The lowest BCUT2D eigenvalue weighted by Crippen LogP contribution is -2.00. The van der Waals surface area contributed by atoms with E-state index in [9.17, 15) is 10.1 Å². The lowest BCUT2D eigenvalue weighted by atomic mass is 10.2. The van der Waals surface area contributed by atoms with E-state index >= 15 is 0 Å². The number of nitrogens with zero attached hydrogens (tertiary/aromatic N) is 3. The first kappa shape index (κ1) is 14.3. The van der Waals surface area contributed by atoms with Crippen molar-refractivity contribution in [1.29, 1.82) is 0 Å². The zero-order valence-electron chi connectivity index (χ0n) is 11.2. The van der Waals surface area contributed by atoms with Gasteiger partial charge in [-0.2, -0.15) is 0 Å². The van der Waals surface area contributed by atoms with Gasteiger partial charge in [-0.1, -0.05) is 23.9 Å². The minimum atomic E-state index is -0.475. The maximum atomic E-state index is 10.8. The van der Waals surface area contributed by atoms with Crippen LogP contribution in [0.2, 0.25) is 0 Å². The SMILES string of the molecule is Cc1cc(C)nc(SCc2cccc([N+](=O)[O-])c2N)n1. The Bertz CT molecular complexity index is 641. The van der Waals surface area contributed by atoms with Crippen molar-refractivity contribution in [2.75, 3.05) is 5.73 Å². The average molecular weight is 290 g/mol. The maximum absolute atomic E-state index is 10.8. The van der Waals surface area contributed by atoms with Gasteiger partial charge in [0.2, 0.25) is 0 Å². The third kappa shape index (κ3) is 3.24. The topological polar surface area (TPSA) is 94.9 Å². The Morgan fingerprint density at radius 2 is 1.95 bits per heavy atom. The summed E-state index contributed by atoms with van der Waals surface area (Å²) in [5.74, 6) is 0.496. The highest BCUT2D eigenvalue weighted by Gasteiger charge is 2.14. The fourth-order valence-electron chi connectivity index (χ4n) is 1.78. The second-order valence-electron chi connectivity index (χ2n) is 4.33. The van der Waals surface area contributed by atoms with E-state index in [4.69, 9.17) is 5.73 Å². The number of para-hydroxylation sites is 1. The molecule has 0 bridgehead atoms. The van der Waals surface area contributed by atoms with Crippen molar-refractivity contribution in [1.82, 2.24) is 9.97 Å². The van der Waals surface area contributed by atoms with Crippen LogP contribution in [0.4, 0.5) is 11.4 Å². The molecular formula is C13H14N4O2S. The van der Waals surface area contributed by atoms with E-state index in [-0.39, 0.29) is 11.4 Å². The molecule has 1 heterocycles. The van der Waals surface area contributed by atoms with Gasteiger partial charge >= 0.3 is 0 Å². The van der Waals surface area contributed by atoms with Gasteiger partial charge in [-0.25, -0.2) is 9.97 Å². The third-order valence-corrected chi connectivity index (χ3v) is 3.58. The van der Waals surface area contributed by atoms with Gasteiger partial charge < -0.3 is 5.73 Å². The molecule has 0 aliphatic rings. The van der Waals surface area contributed by atoms with Crippen LogP contribution >= 0.6 is 11.8 Å². The molecule has 0 atom stereocenters. The summed E-state index contributed by atoms with van der Waals surface area (Å²) in [6, 6.07) is 6.70. The van der Waals surface area contributed by atoms with Gasteiger partial charge in [0.15, 0.2) is 5.16 Å². The zero-order valence-corrected chi connectivity index (χ0v) is 12.0. The molecule has 0 saturated heterocycles. The molecule has 0 unspecified atom stereocenters. The number of benzene rings is 1. The van der Waals surface area contributed by atoms with Gasteiger partial charge in [0, 0.05) is 23.2 Å². The molecule has 0 radical (unpaired) electrons. The first-order valence-corrected chi connectivity index (χ1v) is 6.93. The molecule has 0 amide bonds. The van der Waals surface area contributed by atoms with Gasteiger partial charge in [0.1, 0.15) is 5.69 Å². The molecule has 0 aliphatic heterocycles. The minimum Gasteiger partial charge on any atom is -0.393 e. The van der Waals surface area contributed by atoms with Crippen molar-refractivity contribution in [3.8, 4) is 0 Å². The molecule has 1 aromatic heterocycles. The van der Waals surface area contributed by atoms with Crippen LogP contribution in [0.15, 0.2) is 29.4 Å². The second kappa shape index (κ2) is 5.87. The predicted octanol–water partition coefficient (Wildman–Crippen LogP) is 2.88. The molecule has 0 spiro atoms. The summed E-state index contributed by atoms with van der Waals surface area (Å²) in [5.41, 5.74) is 8.46. The van der Waals surface area contributed by atoms with Crippen LogP contribution in [0.25, 0.3) is 0 Å². The molecule has 2 N–H and O–H groups in total. The summed E-state index contributed by atoms with van der Waals surface area (Å²) in [5, 5.41) is 11.5. The minimum absolute atomic E-state index is 0.0653. The van der Waals surface area contributed by atoms with E-state index in [0.717, 1.165) is 11.4 Å². The average Bonchev–Trinajstić information content (AvgIpc) is 2.36. The summed E-state index contributed by atoms with van der Waals surface area (Å²) < 4.78 is 0. The van der Waals surface area contributed by atoms with E-state index in [1.807, 2.05) is 19.9 Å². The van der Waals surface area contributed by atoms with Crippen LogP contribution < -0.4 is 5.73 Å². The monoisotopic (exact) mass is 290 g/mol. The van der Waals surface area contributed by atoms with Gasteiger partial charge in [0.25, 0.3) is 5.69 Å². The Labute approximate surface area is 120 Å². The summed E-state index contributed by atoms with van der Waals surface area (Å²) in [4.78, 5) is 19.0. The fraction of sp³-hybridized carbons (Fsp3) is 0.231. The smallest absolute Gasteiger partial charge is 0.292 e. The maximum Gasteiger partial charge on any atom is 0.292 e. The highest BCUT2D eigenvalue weighted by molar-refractivity contribution is 7.98. The molecule has 104 valence electrons. The first-order valence-electron chi connectivity index (χ1n) is 5.94. The third-order valence-electron chi connectivity index (χ3n) is 2.69. The van der Waals surface area contributed by atoms with E-state index in [1.165, 1.54) is 17.8 Å². The van der Waals surface area contributed by atoms with Gasteiger partial charge in [0.05, 0.1) is 4.92 Å². The van der Waals surface area contributed by atoms with Crippen LogP contribution in [-0.4, -0.2) is 14.9 Å². The second-order valence-corrected chi connectivity index (χ2v) is 5.27. The number of nitro groups is 1. The summed E-state index contributed by atoms with van der Waals surface area (Å²) >= 11 is 1.41. The number of aromatic nitrogens is 2. The van der Waals surface area contributed by atoms with Crippen LogP contribution in [0.1, 0.15) is 17.0 Å². The quantitative estimate of drug-likeness (QED) is 0.306. The first-order chi connectivity index (χ1) is 9.47. The number of hydrogen-bond acceptors (Lipinski definition) is 6. The Balaban J connectivity index is 2.19. The normalized spacial score (nSPS) is 10.5. The van der Waals surface area contributed by atoms with Gasteiger partial charge in [-0.3, -0.25) is 10.1 Å². The van der Waals surface area contributed by atoms with Crippen LogP contribution in [0.3, 0.4) is 0 Å². The number of thioether (sulfide) groups is 1. The standard InChI is InChI=1S/C13H14N4O2S/c1-8-6-9(2)16-13(15-8)20-7-10-4-3-5-11(12(10)14)17(18)19/h3-6H,7,14H2,1-2H3. The number of rotatable bonds is 4. The molecule has 1 aromatic carbocycles. The predicted molar refractivity (Wildman–Crippen MR) is 78.6 cm³/mol. The molecule has 0 saturated carbocycles. The molecule has 20 heavy (non-hydrogen) atoms. The van der Waals surface area contributed by atoms with Crippen LogP contribution in [0.5, 0.6) is 0 Å². The zero-order chi connectivity index (χ0) is 14.7. The number of anilines is 1. The molecule has 2 aromatic rings. The van der Waals surface area contributed by atoms with Crippen molar-refractivity contribution >= 4 is 23.1 Å². The number of nitro benzene ring substituents is 1. The van der Waals surface area contributed by atoms with Gasteiger partial charge in [-0.15, -0.1) is 0 Å². The number of nitrogen functional groups attached to an aromatic ring is 1. The number of nitrogens with two attached hydrogens (primary N) is 1. The number of hydrogen-bond donors (Lipinski definition) is 1. The van der Waals surface area contributed by atoms with Gasteiger partial charge in [-0.05, 0) is 25.5 Å². The molecular weight excluding hydrogens is 276 g/mol. The summed E-state index contributed by atoms with van der Waals surface area (Å²) in [6.45, 7) is 3.81. The van der Waals surface area contributed by atoms with Crippen molar-refractivity contribution in [2.24, 2.45) is 0 Å². The van der Waals surface area contributed by atoms with Crippen molar-refractivity contribution in [2.45, 2.75) is 24.8 Å². The van der Waals surface area contributed by atoms with Crippen molar-refractivity contribution in [3.05, 3.63) is 51.3 Å². The summed E-state index contributed by atoms with van der Waals surface area (Å²) in [6.07, 6.45) is 0.